The van der Waals surface area contributed by atoms with Gasteiger partial charge in [-0.25, -0.2) is 0 Å². The molecular weight excluding hydrogens is 364 g/mol. The molecule has 3 heterocycles. The van der Waals surface area contributed by atoms with Gasteiger partial charge in [-0.15, -0.1) is 20.4 Å². The summed E-state index contributed by atoms with van der Waals surface area (Å²) in [5.74, 6) is 2.01. The second-order valence-corrected chi connectivity index (χ2v) is 7.51. The predicted octanol–water partition coefficient (Wildman–Crippen LogP) is 3.04. The maximum absolute atomic E-state index is 5.87. The number of ether oxygens (including phenoxy) is 1. The monoisotopic (exact) mass is 386 g/mol. The van der Waals surface area contributed by atoms with Gasteiger partial charge in [-0.2, -0.15) is 0 Å². The minimum atomic E-state index is -0.0259. The molecule has 0 amide bonds. The van der Waals surface area contributed by atoms with E-state index in [0.29, 0.717) is 11.8 Å². The maximum atomic E-state index is 5.87. The summed E-state index contributed by atoms with van der Waals surface area (Å²) >= 11 is 1.58. The number of hydrogen-bond acceptors (Lipinski definition) is 8. The van der Waals surface area contributed by atoms with E-state index in [0.717, 1.165) is 49.5 Å². The van der Waals surface area contributed by atoms with E-state index in [-0.39, 0.29) is 5.25 Å². The van der Waals surface area contributed by atoms with Crippen LogP contribution in [0.15, 0.2) is 39.9 Å². The summed E-state index contributed by atoms with van der Waals surface area (Å²) in [5, 5.41) is 18.0. The molecule has 3 aromatic rings. The molecule has 0 N–H and O–H groups in total. The van der Waals surface area contributed by atoms with Gasteiger partial charge < -0.3 is 14.1 Å². The van der Waals surface area contributed by atoms with Crippen LogP contribution in [-0.2, 0) is 11.3 Å². The second kappa shape index (κ2) is 8.10. The molecule has 1 fully saturated rings. The first kappa shape index (κ1) is 18.0. The van der Waals surface area contributed by atoms with Crippen molar-refractivity contribution in [3.05, 3.63) is 36.2 Å². The molecule has 27 heavy (non-hydrogen) atoms. The van der Waals surface area contributed by atoms with Crippen LogP contribution in [0.2, 0.25) is 0 Å². The van der Waals surface area contributed by atoms with Crippen LogP contribution in [0, 0.1) is 0 Å². The zero-order valence-corrected chi connectivity index (χ0v) is 16.2. The summed E-state index contributed by atoms with van der Waals surface area (Å²) in [6.07, 6.45) is 0. The molecule has 0 bridgehead atoms. The number of anilines is 1. The number of thioether (sulfide) groups is 1. The summed E-state index contributed by atoms with van der Waals surface area (Å²) in [5.41, 5.74) is 0.916. The zero-order valence-electron chi connectivity index (χ0n) is 15.4. The van der Waals surface area contributed by atoms with Gasteiger partial charge >= 0.3 is 0 Å². The molecule has 1 atom stereocenters. The van der Waals surface area contributed by atoms with Crippen LogP contribution in [0.4, 0.5) is 5.95 Å². The van der Waals surface area contributed by atoms with Crippen LogP contribution >= 0.6 is 11.8 Å². The number of nitrogens with zero attached hydrogens (tertiary/aromatic N) is 6. The molecule has 0 saturated carbocycles. The lowest BCUT2D eigenvalue weighted by Crippen LogP contribution is -2.38. The van der Waals surface area contributed by atoms with Gasteiger partial charge in [0.2, 0.25) is 17.7 Å². The average molecular weight is 386 g/mol. The Hall–Kier alpha value is -2.39. The molecule has 1 aromatic carbocycles. The topological polar surface area (TPSA) is 82.1 Å². The van der Waals surface area contributed by atoms with Gasteiger partial charge in [0.15, 0.2) is 5.16 Å². The van der Waals surface area contributed by atoms with E-state index < -0.39 is 0 Å². The van der Waals surface area contributed by atoms with Gasteiger partial charge in [-0.05, 0) is 26.0 Å². The fourth-order valence-corrected chi connectivity index (χ4v) is 3.89. The van der Waals surface area contributed by atoms with Crippen LogP contribution in [-0.4, -0.2) is 51.3 Å². The first-order chi connectivity index (χ1) is 13.3. The van der Waals surface area contributed by atoms with Crippen molar-refractivity contribution < 1.29 is 9.15 Å². The summed E-state index contributed by atoms with van der Waals surface area (Å²) in [6, 6.07) is 9.78. The Kier molecular flexibility index (Phi) is 5.40. The van der Waals surface area contributed by atoms with E-state index in [4.69, 9.17) is 9.15 Å². The molecular formula is C18H22N6O2S. The van der Waals surface area contributed by atoms with E-state index in [9.17, 15) is 0 Å². The van der Waals surface area contributed by atoms with Gasteiger partial charge in [-0.3, -0.25) is 4.57 Å². The van der Waals surface area contributed by atoms with Crippen molar-refractivity contribution in [1.29, 1.82) is 0 Å². The lowest BCUT2D eigenvalue weighted by Gasteiger charge is -2.27. The van der Waals surface area contributed by atoms with Crippen molar-refractivity contribution in [2.75, 3.05) is 31.2 Å². The SMILES string of the molecule is CCn1c(SC(C)c2nnc(-c3ccccc3)o2)nnc1N1CCOCC1. The third-order valence-corrected chi connectivity index (χ3v) is 5.47. The molecule has 9 heteroatoms. The minimum Gasteiger partial charge on any atom is -0.419 e. The lowest BCUT2D eigenvalue weighted by atomic mass is 10.2. The van der Waals surface area contributed by atoms with Crippen molar-refractivity contribution >= 4 is 17.7 Å². The molecule has 1 saturated heterocycles. The molecule has 8 nitrogen and oxygen atoms in total. The van der Waals surface area contributed by atoms with Gasteiger partial charge in [0.1, 0.15) is 0 Å². The maximum Gasteiger partial charge on any atom is 0.247 e. The van der Waals surface area contributed by atoms with Crippen molar-refractivity contribution in [2.45, 2.75) is 30.8 Å². The Morgan fingerprint density at radius 2 is 1.85 bits per heavy atom. The fraction of sp³-hybridized carbons (Fsp3) is 0.444. The van der Waals surface area contributed by atoms with Gasteiger partial charge in [0.05, 0.1) is 18.5 Å². The quantitative estimate of drug-likeness (QED) is 0.598. The highest BCUT2D eigenvalue weighted by Crippen LogP contribution is 2.35. The molecule has 0 radical (unpaired) electrons. The standard InChI is InChI=1S/C18H22N6O2S/c1-3-24-17(23-9-11-25-12-10-23)21-22-18(24)27-13(2)15-19-20-16(26-15)14-7-5-4-6-8-14/h4-8,13H,3,9-12H2,1-2H3. The van der Waals surface area contributed by atoms with Crippen molar-refractivity contribution in [2.24, 2.45) is 0 Å². The molecule has 0 aliphatic carbocycles. The van der Waals surface area contributed by atoms with Gasteiger partial charge in [0.25, 0.3) is 0 Å². The number of benzene rings is 1. The Morgan fingerprint density at radius 1 is 1.07 bits per heavy atom. The Balaban J connectivity index is 1.50. The van der Waals surface area contributed by atoms with Crippen LogP contribution in [0.5, 0.6) is 0 Å². The number of hydrogen-bond donors (Lipinski definition) is 0. The first-order valence-electron chi connectivity index (χ1n) is 9.07. The lowest BCUT2D eigenvalue weighted by molar-refractivity contribution is 0.121. The third kappa shape index (κ3) is 3.84. The molecule has 1 unspecified atom stereocenters. The molecule has 1 aliphatic rings. The largest absolute Gasteiger partial charge is 0.419 e. The number of aromatic nitrogens is 5. The fourth-order valence-electron chi connectivity index (χ4n) is 2.95. The van der Waals surface area contributed by atoms with E-state index >= 15 is 0 Å². The average Bonchev–Trinajstić information content (AvgIpc) is 3.36. The van der Waals surface area contributed by atoms with Crippen LogP contribution in [0.1, 0.15) is 25.0 Å². The Bertz CT molecular complexity index is 875. The highest BCUT2D eigenvalue weighted by Gasteiger charge is 2.23. The number of morpholine rings is 1. The molecule has 2 aromatic heterocycles. The van der Waals surface area contributed by atoms with Gasteiger partial charge in [-0.1, -0.05) is 30.0 Å². The van der Waals surface area contributed by atoms with Crippen molar-refractivity contribution in [3.63, 3.8) is 0 Å². The highest BCUT2D eigenvalue weighted by molar-refractivity contribution is 7.99. The summed E-state index contributed by atoms with van der Waals surface area (Å²) in [7, 11) is 0. The smallest absolute Gasteiger partial charge is 0.247 e. The first-order valence-corrected chi connectivity index (χ1v) is 9.95. The van der Waals surface area contributed by atoms with Crippen LogP contribution in [0.3, 0.4) is 0 Å². The normalized spacial score (nSPS) is 15.9. The van der Waals surface area contributed by atoms with E-state index in [1.165, 1.54) is 0 Å². The van der Waals surface area contributed by atoms with E-state index in [1.807, 2.05) is 37.3 Å². The third-order valence-electron chi connectivity index (χ3n) is 4.40. The Morgan fingerprint density at radius 3 is 2.59 bits per heavy atom. The van der Waals surface area contributed by atoms with E-state index in [2.05, 4.69) is 36.8 Å². The van der Waals surface area contributed by atoms with Crippen molar-refractivity contribution in [1.82, 2.24) is 25.0 Å². The van der Waals surface area contributed by atoms with Crippen LogP contribution in [0.25, 0.3) is 11.5 Å². The highest BCUT2D eigenvalue weighted by atomic mass is 32.2. The second-order valence-electron chi connectivity index (χ2n) is 6.20. The summed E-state index contributed by atoms with van der Waals surface area (Å²) in [4.78, 5) is 2.22. The zero-order chi connectivity index (χ0) is 18.6. The molecule has 1 aliphatic heterocycles. The Labute approximate surface area is 161 Å². The van der Waals surface area contributed by atoms with E-state index in [1.54, 1.807) is 11.8 Å². The number of rotatable bonds is 6. The van der Waals surface area contributed by atoms with Crippen LogP contribution < -0.4 is 4.90 Å². The summed E-state index contributed by atoms with van der Waals surface area (Å²) < 4.78 is 13.4. The molecule has 0 spiro atoms. The molecule has 142 valence electrons. The van der Waals surface area contributed by atoms with Crippen molar-refractivity contribution in [3.8, 4) is 11.5 Å². The minimum absolute atomic E-state index is 0.0259. The summed E-state index contributed by atoms with van der Waals surface area (Å²) in [6.45, 7) is 8.05. The van der Waals surface area contributed by atoms with Gasteiger partial charge in [0, 0.05) is 25.2 Å². The molecule has 4 rings (SSSR count). The predicted molar refractivity (Wildman–Crippen MR) is 103 cm³/mol.